The molecule has 2 rings (SSSR count). The first kappa shape index (κ1) is 15.6. The van der Waals surface area contributed by atoms with Gasteiger partial charge in [0.1, 0.15) is 0 Å². The van der Waals surface area contributed by atoms with Gasteiger partial charge in [-0.2, -0.15) is 0 Å². The van der Waals surface area contributed by atoms with Crippen LogP contribution in [0, 0.1) is 0 Å². The summed E-state index contributed by atoms with van der Waals surface area (Å²) < 4.78 is 10.7. The second kappa shape index (κ2) is 7.31. The van der Waals surface area contributed by atoms with Crippen LogP contribution in [0.5, 0.6) is 11.5 Å². The summed E-state index contributed by atoms with van der Waals surface area (Å²) in [5.74, 6) is 1.13. The SMILES string of the molecule is CCOc1cc(C(=O)N(CCO)C2CCC2)ccc1OC. The lowest BCUT2D eigenvalue weighted by molar-refractivity contribution is 0.0525. The largest absolute Gasteiger partial charge is 0.493 e. The Morgan fingerprint density at radius 3 is 2.67 bits per heavy atom. The molecule has 1 fully saturated rings. The minimum atomic E-state index is -0.0580. The van der Waals surface area contributed by atoms with Crippen molar-refractivity contribution in [3.8, 4) is 11.5 Å². The number of ether oxygens (including phenoxy) is 2. The highest BCUT2D eigenvalue weighted by Crippen LogP contribution is 2.30. The van der Waals surface area contributed by atoms with Crippen molar-refractivity contribution in [2.75, 3.05) is 26.9 Å². The number of aliphatic hydroxyl groups is 1. The molecule has 0 radical (unpaired) electrons. The lowest BCUT2D eigenvalue weighted by Crippen LogP contribution is -2.45. The van der Waals surface area contributed by atoms with Crippen LogP contribution in [0.2, 0.25) is 0 Å². The highest BCUT2D eigenvalue weighted by molar-refractivity contribution is 5.95. The highest BCUT2D eigenvalue weighted by Gasteiger charge is 2.29. The van der Waals surface area contributed by atoms with Gasteiger partial charge in [-0.25, -0.2) is 0 Å². The van der Waals surface area contributed by atoms with Gasteiger partial charge in [0.15, 0.2) is 11.5 Å². The van der Waals surface area contributed by atoms with Gasteiger partial charge in [-0.1, -0.05) is 0 Å². The van der Waals surface area contributed by atoms with Crippen molar-refractivity contribution in [3.05, 3.63) is 23.8 Å². The summed E-state index contributed by atoms with van der Waals surface area (Å²) in [5, 5.41) is 9.18. The molecule has 0 heterocycles. The maximum Gasteiger partial charge on any atom is 0.254 e. The Morgan fingerprint density at radius 2 is 2.14 bits per heavy atom. The van der Waals surface area contributed by atoms with E-state index in [0.717, 1.165) is 19.3 Å². The van der Waals surface area contributed by atoms with Crippen LogP contribution in [0.1, 0.15) is 36.5 Å². The summed E-state index contributed by atoms with van der Waals surface area (Å²) in [6, 6.07) is 5.46. The van der Waals surface area contributed by atoms with Crippen LogP contribution in [0.4, 0.5) is 0 Å². The molecule has 1 aliphatic rings. The van der Waals surface area contributed by atoms with Crippen LogP contribution >= 0.6 is 0 Å². The first-order valence-electron chi connectivity index (χ1n) is 7.44. The zero-order valence-corrected chi connectivity index (χ0v) is 12.7. The van der Waals surface area contributed by atoms with Crippen LogP contribution in [0.3, 0.4) is 0 Å². The number of amides is 1. The van der Waals surface area contributed by atoms with E-state index < -0.39 is 0 Å². The van der Waals surface area contributed by atoms with Crippen LogP contribution in [-0.2, 0) is 0 Å². The topological polar surface area (TPSA) is 59.0 Å². The molecule has 0 atom stereocenters. The maximum atomic E-state index is 12.6. The van der Waals surface area contributed by atoms with Crippen molar-refractivity contribution in [2.24, 2.45) is 0 Å². The summed E-state index contributed by atoms with van der Waals surface area (Å²) in [6.45, 7) is 2.76. The fraction of sp³-hybridized carbons (Fsp3) is 0.562. The minimum absolute atomic E-state index is 0.0172. The molecule has 0 saturated heterocycles. The van der Waals surface area contributed by atoms with Crippen molar-refractivity contribution in [3.63, 3.8) is 0 Å². The first-order chi connectivity index (χ1) is 10.2. The van der Waals surface area contributed by atoms with Gasteiger partial charge in [0.2, 0.25) is 0 Å². The Bertz CT molecular complexity index is 485. The number of benzene rings is 1. The monoisotopic (exact) mass is 293 g/mol. The van der Waals surface area contributed by atoms with Gasteiger partial charge in [-0.15, -0.1) is 0 Å². The van der Waals surface area contributed by atoms with Gasteiger partial charge in [0.05, 0.1) is 20.3 Å². The molecule has 0 unspecified atom stereocenters. The van der Waals surface area contributed by atoms with Crippen molar-refractivity contribution in [2.45, 2.75) is 32.2 Å². The van der Waals surface area contributed by atoms with Crippen LogP contribution < -0.4 is 9.47 Å². The summed E-state index contributed by atoms with van der Waals surface area (Å²) in [6.07, 6.45) is 3.17. The number of carbonyl (C=O) groups excluding carboxylic acids is 1. The zero-order valence-electron chi connectivity index (χ0n) is 12.7. The van der Waals surface area contributed by atoms with E-state index in [9.17, 15) is 9.90 Å². The molecule has 116 valence electrons. The molecule has 0 aliphatic heterocycles. The molecule has 0 bridgehead atoms. The van der Waals surface area contributed by atoms with E-state index in [2.05, 4.69) is 0 Å². The third-order valence-corrected chi connectivity index (χ3v) is 3.83. The van der Waals surface area contributed by atoms with Crippen LogP contribution in [-0.4, -0.2) is 48.8 Å². The second-order valence-corrected chi connectivity index (χ2v) is 5.11. The number of carbonyl (C=O) groups is 1. The molecule has 1 aromatic rings. The van der Waals surface area contributed by atoms with E-state index in [-0.39, 0.29) is 18.6 Å². The Labute approximate surface area is 125 Å². The Hall–Kier alpha value is -1.75. The van der Waals surface area contributed by atoms with E-state index >= 15 is 0 Å². The van der Waals surface area contributed by atoms with Crippen molar-refractivity contribution in [1.29, 1.82) is 0 Å². The van der Waals surface area contributed by atoms with E-state index in [0.29, 0.717) is 30.2 Å². The van der Waals surface area contributed by atoms with Gasteiger partial charge >= 0.3 is 0 Å². The molecule has 5 nitrogen and oxygen atoms in total. The lowest BCUT2D eigenvalue weighted by Gasteiger charge is -2.37. The summed E-state index contributed by atoms with van der Waals surface area (Å²) >= 11 is 0. The fourth-order valence-electron chi connectivity index (χ4n) is 2.50. The highest BCUT2D eigenvalue weighted by atomic mass is 16.5. The van der Waals surface area contributed by atoms with Crippen LogP contribution in [0.25, 0.3) is 0 Å². The zero-order chi connectivity index (χ0) is 15.2. The van der Waals surface area contributed by atoms with E-state index in [1.165, 1.54) is 0 Å². The number of aliphatic hydroxyl groups excluding tert-OH is 1. The Kier molecular flexibility index (Phi) is 5.44. The second-order valence-electron chi connectivity index (χ2n) is 5.11. The molecule has 21 heavy (non-hydrogen) atoms. The van der Waals surface area contributed by atoms with Gasteiger partial charge < -0.3 is 19.5 Å². The molecule has 5 heteroatoms. The normalized spacial score (nSPS) is 14.4. The number of methoxy groups -OCH3 is 1. The van der Waals surface area contributed by atoms with Crippen LogP contribution in [0.15, 0.2) is 18.2 Å². The van der Waals surface area contributed by atoms with E-state index in [1.807, 2.05) is 6.92 Å². The number of nitrogens with zero attached hydrogens (tertiary/aromatic N) is 1. The van der Waals surface area contributed by atoms with E-state index in [4.69, 9.17) is 9.47 Å². The molecule has 1 amide bonds. The average molecular weight is 293 g/mol. The molecule has 1 N–H and O–H groups in total. The third-order valence-electron chi connectivity index (χ3n) is 3.83. The fourth-order valence-corrected chi connectivity index (χ4v) is 2.50. The number of hydrogen-bond donors (Lipinski definition) is 1. The van der Waals surface area contributed by atoms with E-state index in [1.54, 1.807) is 30.2 Å². The van der Waals surface area contributed by atoms with Crippen molar-refractivity contribution < 1.29 is 19.4 Å². The number of hydrogen-bond acceptors (Lipinski definition) is 4. The average Bonchev–Trinajstić information content (AvgIpc) is 2.44. The van der Waals surface area contributed by atoms with Gasteiger partial charge in [-0.3, -0.25) is 4.79 Å². The molecular weight excluding hydrogens is 270 g/mol. The summed E-state index contributed by atoms with van der Waals surface area (Å²) in [7, 11) is 1.58. The first-order valence-corrected chi connectivity index (χ1v) is 7.44. The molecule has 1 saturated carbocycles. The van der Waals surface area contributed by atoms with Gasteiger partial charge in [0.25, 0.3) is 5.91 Å². The smallest absolute Gasteiger partial charge is 0.254 e. The Morgan fingerprint density at radius 1 is 1.38 bits per heavy atom. The Balaban J connectivity index is 2.22. The number of rotatable bonds is 7. The maximum absolute atomic E-state index is 12.6. The summed E-state index contributed by atoms with van der Waals surface area (Å²) in [5.41, 5.74) is 0.569. The standard InChI is InChI=1S/C16H23NO4/c1-3-21-15-11-12(7-8-14(15)20-2)16(19)17(9-10-18)13-5-4-6-13/h7-8,11,13,18H,3-6,9-10H2,1-2H3. The molecule has 0 spiro atoms. The summed E-state index contributed by atoms with van der Waals surface area (Å²) in [4.78, 5) is 14.4. The molecule has 1 aliphatic carbocycles. The van der Waals surface area contributed by atoms with Gasteiger partial charge in [-0.05, 0) is 44.4 Å². The minimum Gasteiger partial charge on any atom is -0.493 e. The molecule has 1 aromatic carbocycles. The predicted molar refractivity (Wildman–Crippen MR) is 79.9 cm³/mol. The quantitative estimate of drug-likeness (QED) is 0.836. The van der Waals surface area contributed by atoms with Crippen molar-refractivity contribution >= 4 is 5.91 Å². The predicted octanol–water partition coefficient (Wildman–Crippen LogP) is 2.08. The van der Waals surface area contributed by atoms with Gasteiger partial charge in [0, 0.05) is 18.2 Å². The lowest BCUT2D eigenvalue weighted by atomic mass is 9.91. The van der Waals surface area contributed by atoms with Crippen molar-refractivity contribution in [1.82, 2.24) is 4.90 Å². The third kappa shape index (κ3) is 3.47. The molecule has 0 aromatic heterocycles. The molecular formula is C16H23NO4.